The van der Waals surface area contributed by atoms with Crippen molar-refractivity contribution in [3.63, 3.8) is 0 Å². The van der Waals surface area contributed by atoms with Crippen LogP contribution < -0.4 is 9.80 Å². The van der Waals surface area contributed by atoms with Crippen LogP contribution in [0.1, 0.15) is 74.3 Å². The quantitative estimate of drug-likeness (QED) is 0.128. The van der Waals surface area contributed by atoms with Crippen LogP contribution in [0.3, 0.4) is 0 Å². The lowest BCUT2D eigenvalue weighted by Gasteiger charge is -2.31. The van der Waals surface area contributed by atoms with Gasteiger partial charge in [-0.2, -0.15) is 0 Å². The maximum atomic E-state index is 7.53. The van der Waals surface area contributed by atoms with Crippen molar-refractivity contribution in [2.45, 2.75) is 63.2 Å². The molecule has 380 valence electrons. The first-order chi connectivity index (χ1) is 39.2. The highest BCUT2D eigenvalue weighted by molar-refractivity contribution is 6.29. The SMILES string of the molecule is c1ccc(-c2cccc(N(c3cccc4c3oc3c(C5CCCC5)cccc34)c3c4ccccc4c(N(c4cccc(-c5ccccc5)c4)c4cccc5c4oc4c(C6CCCC6)cccc45)c4c3oc3ccccc34)c2)cc1. The number of benzene rings is 11. The highest BCUT2D eigenvalue weighted by atomic mass is 16.3. The van der Waals surface area contributed by atoms with Crippen molar-refractivity contribution in [3.8, 4) is 22.3 Å². The average Bonchev–Trinajstić information content (AvgIpc) is 4.48. The Balaban J connectivity index is 1.03. The normalized spacial score (nSPS) is 14.3. The van der Waals surface area contributed by atoms with Gasteiger partial charge in [0.1, 0.15) is 16.7 Å². The number of fused-ring (bicyclic) bond motifs is 10. The van der Waals surface area contributed by atoms with Gasteiger partial charge in [0.2, 0.25) is 0 Å². The predicted molar refractivity (Wildman–Crippen MR) is 328 cm³/mol. The van der Waals surface area contributed by atoms with E-state index in [1.807, 2.05) is 0 Å². The van der Waals surface area contributed by atoms with Gasteiger partial charge in [-0.1, -0.05) is 214 Å². The van der Waals surface area contributed by atoms with E-state index < -0.39 is 0 Å². The molecule has 2 saturated carbocycles. The lowest BCUT2D eigenvalue weighted by molar-refractivity contribution is 0.643. The smallest absolute Gasteiger partial charge is 0.162 e. The molecule has 5 nitrogen and oxygen atoms in total. The summed E-state index contributed by atoms with van der Waals surface area (Å²) in [6, 6.07) is 83.7. The van der Waals surface area contributed by atoms with Crippen LogP contribution in [0.4, 0.5) is 34.1 Å². The fourth-order valence-corrected chi connectivity index (χ4v) is 13.9. The summed E-state index contributed by atoms with van der Waals surface area (Å²) < 4.78 is 22.3. The van der Waals surface area contributed by atoms with Gasteiger partial charge in [-0.3, -0.25) is 0 Å². The first-order valence-corrected chi connectivity index (χ1v) is 28.4. The number of nitrogens with zero attached hydrogens (tertiary/aromatic N) is 2. The van der Waals surface area contributed by atoms with Gasteiger partial charge >= 0.3 is 0 Å². The minimum atomic E-state index is 0.481. The van der Waals surface area contributed by atoms with Crippen LogP contribution in [0, 0.1) is 0 Å². The molecular weight excluding hydrogens is 965 g/mol. The number of rotatable bonds is 10. The number of para-hydroxylation sites is 5. The van der Waals surface area contributed by atoms with Crippen LogP contribution in [0.25, 0.3) is 98.8 Å². The van der Waals surface area contributed by atoms with Crippen molar-refractivity contribution in [2.75, 3.05) is 9.80 Å². The standard InChI is InChI=1S/C74H56N2O3/c1-3-21-47(22-4-1)51-29-15-31-53(45-51)75(64-42-19-40-61-59-38-17-36-55(49-25-7-8-26-49)70(59)78-72(61)64)68-57-33-11-12-34-58(57)69(74-67(68)63-35-13-14-44-66(63)77-74)76(54-32-16-30-52(46-54)48-23-5-2-6-24-48)65-43-20-41-62-60-39-18-37-56(50-27-9-10-28-50)71(60)79-73(62)65/h1-6,11-24,29-46,49-50H,7-10,25-28H2. The molecule has 0 aliphatic heterocycles. The third-order valence-corrected chi connectivity index (χ3v) is 17.5. The molecule has 14 aromatic rings. The highest BCUT2D eigenvalue weighted by Crippen LogP contribution is 2.57. The van der Waals surface area contributed by atoms with Gasteiger partial charge in [0.05, 0.1) is 28.1 Å². The molecule has 16 rings (SSSR count). The largest absolute Gasteiger partial charge is 0.454 e. The second kappa shape index (κ2) is 18.7. The molecule has 0 spiro atoms. The summed E-state index contributed by atoms with van der Waals surface area (Å²) in [4.78, 5) is 4.89. The summed E-state index contributed by atoms with van der Waals surface area (Å²) >= 11 is 0. The van der Waals surface area contributed by atoms with Gasteiger partial charge in [-0.25, -0.2) is 0 Å². The molecule has 2 fully saturated rings. The van der Waals surface area contributed by atoms with Gasteiger partial charge in [0.15, 0.2) is 16.7 Å². The Morgan fingerprint density at radius 1 is 0.291 bits per heavy atom. The Morgan fingerprint density at radius 2 is 0.684 bits per heavy atom. The number of anilines is 6. The Bertz CT molecular complexity index is 4650. The van der Waals surface area contributed by atoms with Crippen LogP contribution >= 0.6 is 0 Å². The van der Waals surface area contributed by atoms with Gasteiger partial charge in [-0.15, -0.1) is 0 Å². The van der Waals surface area contributed by atoms with Crippen LogP contribution in [0.2, 0.25) is 0 Å². The van der Waals surface area contributed by atoms with Gasteiger partial charge in [0.25, 0.3) is 0 Å². The molecule has 0 atom stereocenters. The molecule has 0 radical (unpaired) electrons. The van der Waals surface area contributed by atoms with Gasteiger partial charge < -0.3 is 23.1 Å². The number of hydrogen-bond donors (Lipinski definition) is 0. The van der Waals surface area contributed by atoms with Crippen molar-refractivity contribution in [3.05, 3.63) is 242 Å². The van der Waals surface area contributed by atoms with Crippen molar-refractivity contribution in [1.29, 1.82) is 0 Å². The summed E-state index contributed by atoms with van der Waals surface area (Å²) in [6.07, 6.45) is 9.74. The van der Waals surface area contributed by atoms with Crippen molar-refractivity contribution in [2.24, 2.45) is 0 Å². The monoisotopic (exact) mass is 1020 g/mol. The molecule has 0 N–H and O–H groups in total. The topological polar surface area (TPSA) is 45.9 Å². The Morgan fingerprint density at radius 3 is 1.20 bits per heavy atom. The van der Waals surface area contributed by atoms with E-state index >= 15 is 0 Å². The van der Waals surface area contributed by atoms with Crippen molar-refractivity contribution in [1.82, 2.24) is 0 Å². The zero-order valence-corrected chi connectivity index (χ0v) is 43.9. The van der Waals surface area contributed by atoms with E-state index in [9.17, 15) is 0 Å². The van der Waals surface area contributed by atoms with Gasteiger partial charge in [0, 0.05) is 49.1 Å². The third kappa shape index (κ3) is 7.43. The molecule has 3 aromatic heterocycles. The first kappa shape index (κ1) is 45.8. The van der Waals surface area contributed by atoms with Crippen molar-refractivity contribution >= 4 is 111 Å². The lowest BCUT2D eigenvalue weighted by Crippen LogP contribution is -2.14. The summed E-state index contributed by atoms with van der Waals surface area (Å²) in [5, 5.41) is 8.61. The molecule has 0 unspecified atom stereocenters. The minimum absolute atomic E-state index is 0.481. The number of hydrogen-bond acceptors (Lipinski definition) is 5. The summed E-state index contributed by atoms with van der Waals surface area (Å²) in [5.74, 6) is 0.963. The van der Waals surface area contributed by atoms with Gasteiger partial charge in [-0.05, 0) is 113 Å². The highest BCUT2D eigenvalue weighted by Gasteiger charge is 2.33. The van der Waals surface area contributed by atoms with E-state index in [0.717, 1.165) is 133 Å². The molecule has 0 bridgehead atoms. The van der Waals surface area contributed by atoms with E-state index in [-0.39, 0.29) is 0 Å². The average molecular weight is 1020 g/mol. The maximum Gasteiger partial charge on any atom is 0.162 e. The molecule has 79 heavy (non-hydrogen) atoms. The molecular formula is C74H56N2O3. The fraction of sp³-hybridized carbons (Fsp3) is 0.135. The number of furan rings is 3. The van der Waals surface area contributed by atoms with E-state index in [0.29, 0.717) is 11.8 Å². The molecule has 0 amide bonds. The van der Waals surface area contributed by atoms with Crippen molar-refractivity contribution < 1.29 is 13.3 Å². The van der Waals surface area contributed by atoms with Crippen LogP contribution in [-0.2, 0) is 0 Å². The summed E-state index contributed by atoms with van der Waals surface area (Å²) in [5.41, 5.74) is 18.3. The molecule has 0 saturated heterocycles. The van der Waals surface area contributed by atoms with Crippen LogP contribution in [0.15, 0.2) is 244 Å². The lowest BCUT2D eigenvalue weighted by atomic mass is 9.95. The Kier molecular flexibility index (Phi) is 10.9. The third-order valence-electron chi connectivity index (χ3n) is 17.5. The first-order valence-electron chi connectivity index (χ1n) is 28.4. The molecule has 5 heteroatoms. The predicted octanol–water partition coefficient (Wildman–Crippen LogP) is 22.1. The summed E-state index contributed by atoms with van der Waals surface area (Å²) in [7, 11) is 0. The van der Waals surface area contributed by atoms with E-state index in [1.54, 1.807) is 0 Å². The van der Waals surface area contributed by atoms with E-state index in [2.05, 4.69) is 240 Å². The Labute approximate surface area is 458 Å². The molecule has 11 aromatic carbocycles. The summed E-state index contributed by atoms with van der Waals surface area (Å²) in [6.45, 7) is 0. The molecule has 2 aliphatic carbocycles. The Hall–Kier alpha value is -9.32. The second-order valence-corrected chi connectivity index (χ2v) is 22.0. The van der Waals surface area contributed by atoms with E-state index in [1.165, 1.54) is 62.5 Å². The van der Waals surface area contributed by atoms with Crippen LogP contribution in [0.5, 0.6) is 0 Å². The van der Waals surface area contributed by atoms with Crippen LogP contribution in [-0.4, -0.2) is 0 Å². The maximum absolute atomic E-state index is 7.53. The van der Waals surface area contributed by atoms with E-state index in [4.69, 9.17) is 13.3 Å². The zero-order valence-electron chi connectivity index (χ0n) is 43.9. The fourth-order valence-electron chi connectivity index (χ4n) is 13.9. The molecule has 3 heterocycles. The zero-order chi connectivity index (χ0) is 52.0. The second-order valence-electron chi connectivity index (χ2n) is 22.0. The molecule has 2 aliphatic rings. The minimum Gasteiger partial charge on any atom is -0.454 e.